The summed E-state index contributed by atoms with van der Waals surface area (Å²) in [6, 6.07) is 12.1. The molecule has 1 N–H and O–H groups in total. The van der Waals surface area contributed by atoms with Crippen LogP contribution in [0.1, 0.15) is 42.2 Å². The summed E-state index contributed by atoms with van der Waals surface area (Å²) in [5, 5.41) is 5.36. The van der Waals surface area contributed by atoms with Crippen LogP contribution in [0.3, 0.4) is 0 Å². The number of hydrogen-bond acceptors (Lipinski definition) is 3. The number of carbonyl (C=O) groups excluding carboxylic acids is 1. The summed E-state index contributed by atoms with van der Waals surface area (Å²) in [6.07, 6.45) is 5.32. The fraction of sp³-hybridized carbons (Fsp3) is 0.421. The molecular weight excluding hydrogens is 306 g/mol. The van der Waals surface area contributed by atoms with E-state index in [1.54, 1.807) is 18.4 Å². The van der Waals surface area contributed by atoms with Crippen molar-refractivity contribution >= 4 is 17.2 Å². The molecule has 3 nitrogen and oxygen atoms in total. The SMILES string of the molecule is COc1ccccc1CC(=O)N[C@H](c1cccs1)C1CCCC1. The smallest absolute Gasteiger partial charge is 0.225 e. The summed E-state index contributed by atoms with van der Waals surface area (Å²) >= 11 is 1.73. The second-order valence-corrected chi connectivity index (χ2v) is 7.07. The van der Waals surface area contributed by atoms with Gasteiger partial charge in [0.05, 0.1) is 19.6 Å². The standard InChI is InChI=1S/C19H23NO2S/c1-22-16-10-5-4-9-15(16)13-18(21)20-19(14-7-2-3-8-14)17-11-6-12-23-17/h4-6,9-12,14,19H,2-3,7-8,13H2,1H3,(H,20,21)/t19-/m0/s1. The largest absolute Gasteiger partial charge is 0.496 e. The minimum atomic E-state index is 0.0693. The van der Waals surface area contributed by atoms with Crippen molar-refractivity contribution in [1.82, 2.24) is 5.32 Å². The Hall–Kier alpha value is -1.81. The monoisotopic (exact) mass is 329 g/mol. The van der Waals surface area contributed by atoms with Crippen LogP contribution in [-0.4, -0.2) is 13.0 Å². The first-order valence-corrected chi connectivity index (χ1v) is 9.10. The van der Waals surface area contributed by atoms with Gasteiger partial charge in [0, 0.05) is 10.4 Å². The van der Waals surface area contributed by atoms with E-state index < -0.39 is 0 Å². The molecule has 3 rings (SSSR count). The molecular formula is C19H23NO2S. The van der Waals surface area contributed by atoms with Gasteiger partial charge in [-0.3, -0.25) is 4.79 Å². The summed E-state index contributed by atoms with van der Waals surface area (Å²) in [6.45, 7) is 0. The van der Waals surface area contributed by atoms with Crippen LogP contribution in [-0.2, 0) is 11.2 Å². The lowest BCUT2D eigenvalue weighted by atomic mass is 9.96. The highest BCUT2D eigenvalue weighted by molar-refractivity contribution is 7.10. The Morgan fingerprint density at radius 2 is 2.04 bits per heavy atom. The van der Waals surface area contributed by atoms with E-state index in [2.05, 4.69) is 22.8 Å². The van der Waals surface area contributed by atoms with Crippen LogP contribution < -0.4 is 10.1 Å². The Kier molecular flexibility index (Phi) is 5.34. The Labute approximate surface area is 141 Å². The molecule has 1 aromatic heterocycles. The number of methoxy groups -OCH3 is 1. The first kappa shape index (κ1) is 16.1. The average molecular weight is 329 g/mol. The summed E-state index contributed by atoms with van der Waals surface area (Å²) in [4.78, 5) is 13.8. The molecule has 1 fully saturated rings. The number of amides is 1. The Balaban J connectivity index is 1.71. The number of para-hydroxylation sites is 1. The van der Waals surface area contributed by atoms with E-state index >= 15 is 0 Å². The molecule has 4 heteroatoms. The molecule has 0 saturated heterocycles. The fourth-order valence-electron chi connectivity index (χ4n) is 3.43. The second-order valence-electron chi connectivity index (χ2n) is 6.09. The number of rotatable bonds is 6. The number of nitrogens with one attached hydrogen (secondary N) is 1. The number of thiophene rings is 1. The van der Waals surface area contributed by atoms with Gasteiger partial charge in [0.15, 0.2) is 0 Å². The van der Waals surface area contributed by atoms with E-state index in [1.165, 1.54) is 30.6 Å². The lowest BCUT2D eigenvalue weighted by molar-refractivity contribution is -0.121. The highest BCUT2D eigenvalue weighted by Gasteiger charge is 2.28. The van der Waals surface area contributed by atoms with Crippen LogP contribution in [0.25, 0.3) is 0 Å². The van der Waals surface area contributed by atoms with Gasteiger partial charge in [0.1, 0.15) is 5.75 Å². The molecule has 1 heterocycles. The van der Waals surface area contributed by atoms with Gasteiger partial charge >= 0.3 is 0 Å². The van der Waals surface area contributed by atoms with Crippen LogP contribution in [0.4, 0.5) is 0 Å². The minimum absolute atomic E-state index is 0.0693. The maximum absolute atomic E-state index is 12.6. The van der Waals surface area contributed by atoms with E-state index in [9.17, 15) is 4.79 Å². The molecule has 0 radical (unpaired) electrons. The van der Waals surface area contributed by atoms with Gasteiger partial charge in [-0.1, -0.05) is 37.1 Å². The molecule has 1 aromatic carbocycles. The number of benzene rings is 1. The van der Waals surface area contributed by atoms with E-state index in [4.69, 9.17) is 4.74 Å². The topological polar surface area (TPSA) is 38.3 Å². The molecule has 1 atom stereocenters. The maximum atomic E-state index is 12.6. The molecule has 1 amide bonds. The van der Waals surface area contributed by atoms with Crippen LogP contribution in [0.2, 0.25) is 0 Å². The molecule has 2 aromatic rings. The van der Waals surface area contributed by atoms with Crippen LogP contribution >= 0.6 is 11.3 Å². The number of carbonyl (C=O) groups is 1. The van der Waals surface area contributed by atoms with Crippen molar-refractivity contribution in [3.63, 3.8) is 0 Å². The normalized spacial score (nSPS) is 16.2. The van der Waals surface area contributed by atoms with Crippen molar-refractivity contribution in [2.45, 2.75) is 38.1 Å². The maximum Gasteiger partial charge on any atom is 0.225 e. The van der Waals surface area contributed by atoms with Gasteiger partial charge < -0.3 is 10.1 Å². The third-order valence-corrected chi connectivity index (χ3v) is 5.54. The van der Waals surface area contributed by atoms with Gasteiger partial charge in [-0.2, -0.15) is 0 Å². The molecule has 0 unspecified atom stereocenters. The molecule has 122 valence electrons. The Bertz CT molecular complexity index is 633. The van der Waals surface area contributed by atoms with Crippen molar-refractivity contribution in [1.29, 1.82) is 0 Å². The average Bonchev–Trinajstić information content (AvgIpc) is 3.27. The number of ether oxygens (including phenoxy) is 1. The van der Waals surface area contributed by atoms with Crippen LogP contribution in [0, 0.1) is 5.92 Å². The number of hydrogen-bond donors (Lipinski definition) is 1. The first-order valence-electron chi connectivity index (χ1n) is 8.22. The van der Waals surface area contributed by atoms with Crippen LogP contribution in [0.15, 0.2) is 41.8 Å². The zero-order chi connectivity index (χ0) is 16.1. The minimum Gasteiger partial charge on any atom is -0.496 e. The summed E-state index contributed by atoms with van der Waals surface area (Å²) in [7, 11) is 1.64. The zero-order valence-electron chi connectivity index (χ0n) is 13.5. The first-order chi connectivity index (χ1) is 11.3. The lowest BCUT2D eigenvalue weighted by Crippen LogP contribution is -2.33. The van der Waals surface area contributed by atoms with E-state index in [0.717, 1.165) is 11.3 Å². The third kappa shape index (κ3) is 3.94. The highest BCUT2D eigenvalue weighted by Crippen LogP contribution is 2.37. The van der Waals surface area contributed by atoms with Gasteiger partial charge in [0.2, 0.25) is 5.91 Å². The fourth-order valence-corrected chi connectivity index (χ4v) is 4.30. The van der Waals surface area contributed by atoms with Gasteiger partial charge in [-0.05, 0) is 36.3 Å². The molecule has 1 saturated carbocycles. The van der Waals surface area contributed by atoms with E-state index in [1.807, 2.05) is 24.3 Å². The predicted molar refractivity (Wildman–Crippen MR) is 93.9 cm³/mol. The van der Waals surface area contributed by atoms with Crippen molar-refractivity contribution in [2.75, 3.05) is 7.11 Å². The quantitative estimate of drug-likeness (QED) is 0.856. The van der Waals surface area contributed by atoms with Crippen molar-refractivity contribution < 1.29 is 9.53 Å². The second kappa shape index (κ2) is 7.64. The predicted octanol–water partition coefficient (Wildman–Crippen LogP) is 4.35. The third-order valence-electron chi connectivity index (χ3n) is 4.58. The van der Waals surface area contributed by atoms with E-state index in [-0.39, 0.29) is 11.9 Å². The summed E-state index contributed by atoms with van der Waals surface area (Å²) < 4.78 is 5.35. The van der Waals surface area contributed by atoms with Crippen molar-refractivity contribution in [3.8, 4) is 5.75 Å². The van der Waals surface area contributed by atoms with Gasteiger partial charge in [-0.15, -0.1) is 11.3 Å². The molecule has 0 bridgehead atoms. The van der Waals surface area contributed by atoms with Gasteiger partial charge in [-0.25, -0.2) is 0 Å². The lowest BCUT2D eigenvalue weighted by Gasteiger charge is -2.24. The van der Waals surface area contributed by atoms with Crippen molar-refractivity contribution in [2.24, 2.45) is 5.92 Å². The molecule has 0 aliphatic heterocycles. The molecule has 23 heavy (non-hydrogen) atoms. The summed E-state index contributed by atoms with van der Waals surface area (Å²) in [5.41, 5.74) is 0.934. The summed E-state index contributed by atoms with van der Waals surface area (Å²) in [5.74, 6) is 1.41. The van der Waals surface area contributed by atoms with E-state index in [0.29, 0.717) is 12.3 Å². The Morgan fingerprint density at radius 1 is 1.26 bits per heavy atom. The Morgan fingerprint density at radius 3 is 2.74 bits per heavy atom. The zero-order valence-corrected chi connectivity index (χ0v) is 14.3. The van der Waals surface area contributed by atoms with Crippen LogP contribution in [0.5, 0.6) is 5.75 Å². The molecule has 1 aliphatic carbocycles. The van der Waals surface area contributed by atoms with Gasteiger partial charge in [0.25, 0.3) is 0 Å². The van der Waals surface area contributed by atoms with Crippen molar-refractivity contribution in [3.05, 3.63) is 52.2 Å². The molecule has 1 aliphatic rings. The highest BCUT2D eigenvalue weighted by atomic mass is 32.1. The molecule has 0 spiro atoms.